The maximum absolute atomic E-state index is 9.17. The van der Waals surface area contributed by atoms with E-state index in [4.69, 9.17) is 15.7 Å². The second-order valence-corrected chi connectivity index (χ2v) is 5.67. The third kappa shape index (κ3) is 4.26. The van der Waals surface area contributed by atoms with Gasteiger partial charge in [-0.3, -0.25) is 0 Å². The summed E-state index contributed by atoms with van der Waals surface area (Å²) in [6.07, 6.45) is 7.30. The van der Waals surface area contributed by atoms with Crippen LogP contribution >= 0.6 is 0 Å². The number of allylic oxidation sites excluding steroid dienone is 4. The molecule has 0 saturated heterocycles. The smallest absolute Gasteiger partial charge is 0.119 e. The van der Waals surface area contributed by atoms with E-state index in [0.717, 1.165) is 35.6 Å². The summed E-state index contributed by atoms with van der Waals surface area (Å²) in [7, 11) is 0. The molecule has 1 aliphatic rings. The van der Waals surface area contributed by atoms with E-state index < -0.39 is 0 Å². The molecule has 0 fully saturated rings. The number of nitrogens with zero attached hydrogens (tertiary/aromatic N) is 1. The monoisotopic (exact) mass is 294 g/mol. The van der Waals surface area contributed by atoms with E-state index in [1.165, 1.54) is 0 Å². The van der Waals surface area contributed by atoms with Crippen molar-refractivity contribution in [2.75, 3.05) is 6.61 Å². The fourth-order valence-electron chi connectivity index (χ4n) is 2.13. The minimum atomic E-state index is 0.558. The Morgan fingerprint density at radius 1 is 1.32 bits per heavy atom. The number of hydrogen-bond donors (Lipinski definition) is 1. The number of benzene rings is 1. The van der Waals surface area contributed by atoms with Crippen molar-refractivity contribution in [1.82, 2.24) is 0 Å². The minimum absolute atomic E-state index is 0.558. The fraction of sp³-hybridized carbons (Fsp3) is 0.316. The molecule has 0 saturated carbocycles. The first-order valence-corrected chi connectivity index (χ1v) is 7.62. The van der Waals surface area contributed by atoms with Gasteiger partial charge in [0, 0.05) is 12.1 Å². The van der Waals surface area contributed by atoms with Crippen molar-refractivity contribution in [3.8, 4) is 11.8 Å². The molecule has 2 N–H and O–H groups in total. The second-order valence-electron chi connectivity index (χ2n) is 5.67. The van der Waals surface area contributed by atoms with Crippen LogP contribution in [0.1, 0.15) is 32.3 Å². The van der Waals surface area contributed by atoms with Crippen LogP contribution in [-0.2, 0) is 0 Å². The van der Waals surface area contributed by atoms with Crippen LogP contribution in [0.15, 0.2) is 53.3 Å². The SMILES string of the molecule is CC[C@H](C)COc1ccc(C=C2CC(N)=CC=C2C#N)cc1. The van der Waals surface area contributed by atoms with E-state index in [9.17, 15) is 0 Å². The first kappa shape index (κ1) is 15.9. The summed E-state index contributed by atoms with van der Waals surface area (Å²) in [6.45, 7) is 5.07. The third-order valence-electron chi connectivity index (χ3n) is 3.78. The van der Waals surface area contributed by atoms with E-state index in [1.54, 1.807) is 12.2 Å². The molecule has 0 bridgehead atoms. The van der Waals surface area contributed by atoms with Crippen molar-refractivity contribution in [3.63, 3.8) is 0 Å². The fourth-order valence-corrected chi connectivity index (χ4v) is 2.13. The highest BCUT2D eigenvalue weighted by molar-refractivity contribution is 5.64. The van der Waals surface area contributed by atoms with Gasteiger partial charge in [0.1, 0.15) is 5.75 Å². The van der Waals surface area contributed by atoms with Crippen LogP contribution in [0, 0.1) is 17.2 Å². The lowest BCUT2D eigenvalue weighted by Gasteiger charge is -2.12. The molecule has 0 aliphatic heterocycles. The highest BCUT2D eigenvalue weighted by Crippen LogP contribution is 2.25. The van der Waals surface area contributed by atoms with E-state index in [2.05, 4.69) is 19.9 Å². The number of hydrogen-bond acceptors (Lipinski definition) is 3. The molecule has 0 amide bonds. The Hall–Kier alpha value is -2.47. The second kappa shape index (κ2) is 7.51. The van der Waals surface area contributed by atoms with Crippen molar-refractivity contribution in [2.45, 2.75) is 26.7 Å². The average Bonchev–Trinajstić information content (AvgIpc) is 2.54. The number of nitrogens with two attached hydrogens (primary N) is 1. The molecule has 1 aliphatic carbocycles. The molecule has 1 atom stereocenters. The van der Waals surface area contributed by atoms with Gasteiger partial charge in [-0.05, 0) is 41.3 Å². The van der Waals surface area contributed by atoms with Crippen molar-refractivity contribution in [1.29, 1.82) is 5.26 Å². The Balaban J connectivity index is 2.08. The molecule has 114 valence electrons. The van der Waals surface area contributed by atoms with Crippen LogP contribution in [0.5, 0.6) is 5.75 Å². The van der Waals surface area contributed by atoms with Crippen LogP contribution in [-0.4, -0.2) is 6.61 Å². The van der Waals surface area contributed by atoms with Gasteiger partial charge in [-0.15, -0.1) is 0 Å². The zero-order chi connectivity index (χ0) is 15.9. The predicted molar refractivity (Wildman–Crippen MR) is 90.0 cm³/mol. The van der Waals surface area contributed by atoms with Gasteiger partial charge in [-0.2, -0.15) is 5.26 Å². The minimum Gasteiger partial charge on any atom is -0.493 e. The standard InChI is InChI=1S/C19H22N2O/c1-3-14(2)13-22-19-8-4-15(5-9-19)10-17-11-18(21)7-6-16(17)12-20/h4-10,14H,3,11,13,21H2,1-2H3/t14-/m0/s1. The first-order chi connectivity index (χ1) is 10.6. The highest BCUT2D eigenvalue weighted by atomic mass is 16.5. The van der Waals surface area contributed by atoms with Crippen molar-refractivity contribution in [3.05, 3.63) is 58.8 Å². The first-order valence-electron chi connectivity index (χ1n) is 7.62. The van der Waals surface area contributed by atoms with Crippen molar-refractivity contribution < 1.29 is 4.74 Å². The van der Waals surface area contributed by atoms with E-state index in [0.29, 0.717) is 17.9 Å². The molecule has 3 nitrogen and oxygen atoms in total. The maximum Gasteiger partial charge on any atom is 0.119 e. The summed E-state index contributed by atoms with van der Waals surface area (Å²) in [4.78, 5) is 0. The molecule has 0 unspecified atom stereocenters. The maximum atomic E-state index is 9.17. The number of ether oxygens (including phenoxy) is 1. The molecule has 0 heterocycles. The Labute approximate surface area is 132 Å². The van der Waals surface area contributed by atoms with Gasteiger partial charge in [0.15, 0.2) is 0 Å². The van der Waals surface area contributed by atoms with Gasteiger partial charge >= 0.3 is 0 Å². The molecular weight excluding hydrogens is 272 g/mol. The van der Waals surface area contributed by atoms with Gasteiger partial charge in [0.2, 0.25) is 0 Å². The van der Waals surface area contributed by atoms with Crippen LogP contribution in [0.4, 0.5) is 0 Å². The molecule has 3 heteroatoms. The Bertz CT molecular complexity index is 645. The topological polar surface area (TPSA) is 59.0 Å². The van der Waals surface area contributed by atoms with Crippen LogP contribution in [0.3, 0.4) is 0 Å². The zero-order valence-corrected chi connectivity index (χ0v) is 13.2. The normalized spacial score (nSPS) is 17.4. The van der Waals surface area contributed by atoms with E-state index >= 15 is 0 Å². The molecule has 0 radical (unpaired) electrons. The Morgan fingerprint density at radius 3 is 2.68 bits per heavy atom. The van der Waals surface area contributed by atoms with Crippen LogP contribution < -0.4 is 10.5 Å². The van der Waals surface area contributed by atoms with E-state index in [1.807, 2.05) is 30.3 Å². The van der Waals surface area contributed by atoms with Crippen molar-refractivity contribution >= 4 is 6.08 Å². The molecule has 2 rings (SSSR count). The molecule has 22 heavy (non-hydrogen) atoms. The lowest BCUT2D eigenvalue weighted by atomic mass is 9.95. The lowest BCUT2D eigenvalue weighted by molar-refractivity contribution is 0.256. The Kier molecular flexibility index (Phi) is 5.43. The molecule has 1 aromatic carbocycles. The van der Waals surface area contributed by atoms with Gasteiger partial charge in [-0.25, -0.2) is 0 Å². The summed E-state index contributed by atoms with van der Waals surface area (Å²) in [5.74, 6) is 1.43. The predicted octanol–water partition coefficient (Wildman–Crippen LogP) is 4.19. The quantitative estimate of drug-likeness (QED) is 0.885. The van der Waals surface area contributed by atoms with Gasteiger partial charge < -0.3 is 10.5 Å². The highest BCUT2D eigenvalue weighted by Gasteiger charge is 2.10. The van der Waals surface area contributed by atoms with Gasteiger partial charge in [-0.1, -0.05) is 38.5 Å². The Morgan fingerprint density at radius 2 is 2.05 bits per heavy atom. The van der Waals surface area contributed by atoms with E-state index in [-0.39, 0.29) is 0 Å². The third-order valence-corrected chi connectivity index (χ3v) is 3.78. The summed E-state index contributed by atoms with van der Waals surface area (Å²) in [5, 5.41) is 9.17. The zero-order valence-electron chi connectivity index (χ0n) is 13.2. The molecular formula is C19H22N2O. The molecule has 1 aromatic rings. The van der Waals surface area contributed by atoms with Crippen LogP contribution in [0.2, 0.25) is 0 Å². The van der Waals surface area contributed by atoms with Gasteiger partial charge in [0.05, 0.1) is 18.2 Å². The van der Waals surface area contributed by atoms with Gasteiger partial charge in [0.25, 0.3) is 0 Å². The number of rotatable bonds is 5. The van der Waals surface area contributed by atoms with Crippen molar-refractivity contribution in [2.24, 2.45) is 11.7 Å². The molecule has 0 aromatic heterocycles. The summed E-state index contributed by atoms with van der Waals surface area (Å²) in [6, 6.07) is 10.1. The largest absolute Gasteiger partial charge is 0.493 e. The summed E-state index contributed by atoms with van der Waals surface area (Å²) >= 11 is 0. The summed E-state index contributed by atoms with van der Waals surface area (Å²) < 4.78 is 5.75. The van der Waals surface area contributed by atoms with Crippen LogP contribution in [0.25, 0.3) is 6.08 Å². The number of nitriles is 1. The average molecular weight is 294 g/mol. The molecule has 0 spiro atoms. The summed E-state index contributed by atoms with van der Waals surface area (Å²) in [5.41, 5.74) is 9.29. The lowest BCUT2D eigenvalue weighted by Crippen LogP contribution is -2.07.